The molecule has 2 N–H and O–H groups in total. The number of benzene rings is 1. The van der Waals surface area contributed by atoms with Crippen LogP contribution in [0.5, 0.6) is 11.5 Å². The quantitative estimate of drug-likeness (QED) is 0.658. The van der Waals surface area contributed by atoms with E-state index in [2.05, 4.69) is 4.74 Å². The van der Waals surface area contributed by atoms with Crippen molar-refractivity contribution in [2.45, 2.75) is 0 Å². The number of rotatable bonds is 0. The van der Waals surface area contributed by atoms with Gasteiger partial charge in [-0.25, -0.2) is 0 Å². The molecule has 0 aromatic heterocycles. The minimum Gasteiger partial charge on any atom is -0.508 e. The van der Waals surface area contributed by atoms with Gasteiger partial charge in [-0.05, 0) is 12.1 Å². The molecule has 0 spiro atoms. The summed E-state index contributed by atoms with van der Waals surface area (Å²) in [5, 5.41) is 17.8. The van der Waals surface area contributed by atoms with Gasteiger partial charge in [0.05, 0.1) is 0 Å². The third kappa shape index (κ3) is 4.82. The van der Waals surface area contributed by atoms with Crippen molar-refractivity contribution < 1.29 is 14.9 Å². The number of aromatic hydroxyl groups is 2. The standard InChI is InChI=1S/C6H5ClO2.C2H6O/c7-4-1-5(8)3-6(9)2-4;1-3-2/h1-3,8-9H;1-2H3. The predicted molar refractivity (Wildman–Crippen MR) is 47.7 cm³/mol. The average molecular weight is 191 g/mol. The molecular weight excluding hydrogens is 180 g/mol. The number of hydrogen-bond acceptors (Lipinski definition) is 3. The number of methoxy groups -OCH3 is 1. The summed E-state index contributed by atoms with van der Waals surface area (Å²) in [6.07, 6.45) is 0. The number of phenols is 2. The molecule has 1 rings (SSSR count). The molecule has 0 unspecified atom stereocenters. The molecule has 1 aromatic carbocycles. The Morgan fingerprint density at radius 3 is 1.67 bits per heavy atom. The van der Waals surface area contributed by atoms with Crippen molar-refractivity contribution >= 4 is 11.6 Å². The minimum atomic E-state index is -0.0278. The molecular formula is C8H11ClO3. The van der Waals surface area contributed by atoms with Crippen LogP contribution < -0.4 is 0 Å². The van der Waals surface area contributed by atoms with E-state index in [0.29, 0.717) is 5.02 Å². The molecule has 0 amide bonds. The predicted octanol–water partition coefficient (Wildman–Crippen LogP) is 2.01. The van der Waals surface area contributed by atoms with Crippen molar-refractivity contribution in [3.8, 4) is 11.5 Å². The Morgan fingerprint density at radius 1 is 1.08 bits per heavy atom. The van der Waals surface area contributed by atoms with Gasteiger partial charge < -0.3 is 14.9 Å². The zero-order valence-corrected chi connectivity index (χ0v) is 7.67. The number of ether oxygens (including phenoxy) is 1. The third-order valence-electron chi connectivity index (χ3n) is 0.867. The van der Waals surface area contributed by atoms with Gasteiger partial charge >= 0.3 is 0 Å². The zero-order valence-electron chi connectivity index (χ0n) is 6.91. The van der Waals surface area contributed by atoms with E-state index < -0.39 is 0 Å². The number of hydrogen-bond donors (Lipinski definition) is 2. The molecule has 0 fully saturated rings. The average Bonchev–Trinajstić information content (AvgIpc) is 1.84. The zero-order chi connectivity index (χ0) is 9.56. The second kappa shape index (κ2) is 5.69. The van der Waals surface area contributed by atoms with Gasteiger partial charge in [0.15, 0.2) is 0 Å². The van der Waals surface area contributed by atoms with Crippen LogP contribution in [-0.2, 0) is 4.74 Å². The number of phenolic OH excluding ortho intramolecular Hbond substituents is 2. The first kappa shape index (κ1) is 11.1. The largest absolute Gasteiger partial charge is 0.508 e. The van der Waals surface area contributed by atoms with Crippen LogP contribution in [0, 0.1) is 0 Å². The van der Waals surface area contributed by atoms with Crippen LogP contribution in [0.25, 0.3) is 0 Å². The van der Waals surface area contributed by atoms with Crippen molar-refractivity contribution in [1.29, 1.82) is 0 Å². The Kier molecular flexibility index (Phi) is 5.25. The fourth-order valence-corrected chi connectivity index (χ4v) is 0.783. The van der Waals surface area contributed by atoms with E-state index in [1.54, 1.807) is 14.2 Å². The molecule has 0 radical (unpaired) electrons. The fraction of sp³-hybridized carbons (Fsp3) is 0.250. The van der Waals surface area contributed by atoms with E-state index in [9.17, 15) is 0 Å². The minimum absolute atomic E-state index is 0.0278. The lowest BCUT2D eigenvalue weighted by molar-refractivity contribution is 0.277. The van der Waals surface area contributed by atoms with Crippen LogP contribution in [0.15, 0.2) is 18.2 Å². The second-order valence-electron chi connectivity index (χ2n) is 2.08. The molecule has 0 aliphatic heterocycles. The highest BCUT2D eigenvalue weighted by atomic mass is 35.5. The third-order valence-corrected chi connectivity index (χ3v) is 1.09. The Balaban J connectivity index is 0.000000354. The van der Waals surface area contributed by atoms with E-state index in [4.69, 9.17) is 21.8 Å². The van der Waals surface area contributed by atoms with Gasteiger partial charge in [-0.3, -0.25) is 0 Å². The topological polar surface area (TPSA) is 49.7 Å². The van der Waals surface area contributed by atoms with Gasteiger partial charge in [-0.1, -0.05) is 11.6 Å². The van der Waals surface area contributed by atoms with E-state index in [1.165, 1.54) is 18.2 Å². The lowest BCUT2D eigenvalue weighted by Crippen LogP contribution is -1.65. The van der Waals surface area contributed by atoms with E-state index >= 15 is 0 Å². The van der Waals surface area contributed by atoms with Crippen LogP contribution in [0.4, 0.5) is 0 Å². The van der Waals surface area contributed by atoms with Crippen molar-refractivity contribution in [2.75, 3.05) is 14.2 Å². The first-order valence-electron chi connectivity index (χ1n) is 3.18. The van der Waals surface area contributed by atoms with E-state index in [1.807, 2.05) is 0 Å². The van der Waals surface area contributed by atoms with Crippen molar-refractivity contribution in [1.82, 2.24) is 0 Å². The summed E-state index contributed by atoms with van der Waals surface area (Å²) in [6.45, 7) is 0. The smallest absolute Gasteiger partial charge is 0.120 e. The van der Waals surface area contributed by atoms with Gasteiger partial charge in [-0.2, -0.15) is 0 Å². The maximum atomic E-state index is 8.75. The first-order chi connectivity index (χ1) is 5.60. The molecule has 12 heavy (non-hydrogen) atoms. The van der Waals surface area contributed by atoms with E-state index in [-0.39, 0.29) is 11.5 Å². The Hall–Kier alpha value is -0.930. The van der Waals surface area contributed by atoms with Crippen molar-refractivity contribution in [3.05, 3.63) is 23.2 Å². The molecule has 0 bridgehead atoms. The first-order valence-corrected chi connectivity index (χ1v) is 3.56. The SMILES string of the molecule is COC.Oc1cc(O)cc(Cl)c1. The molecule has 0 heterocycles. The van der Waals surface area contributed by atoms with Crippen molar-refractivity contribution in [3.63, 3.8) is 0 Å². The summed E-state index contributed by atoms with van der Waals surface area (Å²) in [5.41, 5.74) is 0. The lowest BCUT2D eigenvalue weighted by Gasteiger charge is -1.93. The van der Waals surface area contributed by atoms with Gasteiger partial charge in [0, 0.05) is 25.3 Å². The Morgan fingerprint density at radius 2 is 1.42 bits per heavy atom. The lowest BCUT2D eigenvalue weighted by atomic mass is 10.3. The normalized spacial score (nSPS) is 8.58. The highest BCUT2D eigenvalue weighted by Crippen LogP contribution is 2.23. The summed E-state index contributed by atoms with van der Waals surface area (Å²) >= 11 is 5.43. The summed E-state index contributed by atoms with van der Waals surface area (Å²) in [5.74, 6) is -0.0556. The molecule has 1 aromatic rings. The fourth-order valence-electron chi connectivity index (χ4n) is 0.559. The molecule has 0 aliphatic carbocycles. The Bertz CT molecular complexity index is 187. The molecule has 0 saturated carbocycles. The van der Waals surface area contributed by atoms with Crippen LogP contribution in [0.1, 0.15) is 0 Å². The second-order valence-corrected chi connectivity index (χ2v) is 2.51. The Labute approximate surface area is 76.2 Å². The monoisotopic (exact) mass is 190 g/mol. The summed E-state index contributed by atoms with van der Waals surface area (Å²) in [7, 11) is 3.25. The van der Waals surface area contributed by atoms with Gasteiger partial charge in [0.2, 0.25) is 0 Å². The van der Waals surface area contributed by atoms with Gasteiger partial charge in [-0.15, -0.1) is 0 Å². The highest BCUT2D eigenvalue weighted by molar-refractivity contribution is 6.30. The van der Waals surface area contributed by atoms with Gasteiger partial charge in [0.25, 0.3) is 0 Å². The molecule has 0 atom stereocenters. The van der Waals surface area contributed by atoms with Crippen LogP contribution in [-0.4, -0.2) is 24.4 Å². The van der Waals surface area contributed by atoms with Crippen LogP contribution in [0.3, 0.4) is 0 Å². The molecule has 0 aliphatic rings. The van der Waals surface area contributed by atoms with Gasteiger partial charge in [0.1, 0.15) is 11.5 Å². The maximum Gasteiger partial charge on any atom is 0.120 e. The number of halogens is 1. The van der Waals surface area contributed by atoms with Crippen LogP contribution in [0.2, 0.25) is 5.02 Å². The molecule has 4 heteroatoms. The summed E-state index contributed by atoms with van der Waals surface area (Å²) in [4.78, 5) is 0. The summed E-state index contributed by atoms with van der Waals surface area (Å²) in [6, 6.07) is 3.91. The summed E-state index contributed by atoms with van der Waals surface area (Å²) < 4.78 is 4.25. The molecule has 0 saturated heterocycles. The molecule has 3 nitrogen and oxygen atoms in total. The van der Waals surface area contributed by atoms with Crippen LogP contribution >= 0.6 is 11.6 Å². The van der Waals surface area contributed by atoms with Crippen molar-refractivity contribution in [2.24, 2.45) is 0 Å². The molecule has 68 valence electrons. The van der Waals surface area contributed by atoms with E-state index in [0.717, 1.165) is 0 Å². The maximum absolute atomic E-state index is 8.75. The highest BCUT2D eigenvalue weighted by Gasteiger charge is 1.93.